The first-order valence-corrected chi connectivity index (χ1v) is 10.4. The molecule has 7 nitrogen and oxygen atoms in total. The number of hydrogen-bond donors (Lipinski definition) is 1. The van der Waals surface area contributed by atoms with E-state index >= 15 is 0 Å². The lowest BCUT2D eigenvalue weighted by molar-refractivity contribution is -0.116. The van der Waals surface area contributed by atoms with Crippen LogP contribution in [0.25, 0.3) is 16.7 Å². The minimum absolute atomic E-state index is 0.253. The van der Waals surface area contributed by atoms with Crippen molar-refractivity contribution in [3.63, 3.8) is 0 Å². The second-order valence-corrected chi connectivity index (χ2v) is 7.38. The van der Waals surface area contributed by atoms with Gasteiger partial charge in [0, 0.05) is 16.8 Å². The molecular formula is C22H18N4O3S. The van der Waals surface area contributed by atoms with Crippen molar-refractivity contribution in [3.05, 3.63) is 93.8 Å². The number of rotatable bonds is 5. The molecule has 0 atom stereocenters. The summed E-state index contributed by atoms with van der Waals surface area (Å²) in [4.78, 5) is 44.0. The van der Waals surface area contributed by atoms with E-state index in [1.54, 1.807) is 54.2 Å². The molecule has 150 valence electrons. The van der Waals surface area contributed by atoms with Crippen LogP contribution in [0.4, 0.5) is 5.69 Å². The van der Waals surface area contributed by atoms with Gasteiger partial charge in [-0.25, -0.2) is 18.9 Å². The first-order valence-electron chi connectivity index (χ1n) is 9.18. The van der Waals surface area contributed by atoms with E-state index in [4.69, 9.17) is 0 Å². The molecule has 4 rings (SSSR count). The number of nitrogens with zero attached hydrogens (tertiary/aromatic N) is 3. The third-order valence-electron chi connectivity index (χ3n) is 4.57. The van der Waals surface area contributed by atoms with E-state index in [0.29, 0.717) is 11.4 Å². The number of anilines is 1. The Kier molecular flexibility index (Phi) is 5.49. The Morgan fingerprint density at radius 3 is 2.60 bits per heavy atom. The fraction of sp³-hybridized carbons (Fsp3) is 0.0909. The lowest BCUT2D eigenvalue weighted by Gasteiger charge is -2.13. The van der Waals surface area contributed by atoms with Gasteiger partial charge in [0.2, 0.25) is 5.91 Å². The van der Waals surface area contributed by atoms with E-state index in [9.17, 15) is 14.4 Å². The summed E-state index contributed by atoms with van der Waals surface area (Å²) in [5, 5.41) is 3.01. The second-order valence-electron chi connectivity index (χ2n) is 6.50. The van der Waals surface area contributed by atoms with Crippen LogP contribution in [-0.2, 0) is 11.3 Å². The zero-order chi connectivity index (χ0) is 21.1. The Hall–Kier alpha value is -3.65. The van der Waals surface area contributed by atoms with E-state index in [2.05, 4.69) is 10.3 Å². The maximum Gasteiger partial charge on any atom is 0.337 e. The van der Waals surface area contributed by atoms with Gasteiger partial charge in [-0.2, -0.15) is 0 Å². The monoisotopic (exact) mass is 418 g/mol. The van der Waals surface area contributed by atoms with Crippen molar-refractivity contribution in [2.45, 2.75) is 11.4 Å². The van der Waals surface area contributed by atoms with Crippen molar-refractivity contribution in [1.82, 2.24) is 14.1 Å². The Balaban J connectivity index is 1.78. The van der Waals surface area contributed by atoms with Crippen molar-refractivity contribution in [1.29, 1.82) is 0 Å². The van der Waals surface area contributed by atoms with Crippen molar-refractivity contribution >= 4 is 34.4 Å². The van der Waals surface area contributed by atoms with Gasteiger partial charge in [-0.05, 0) is 48.7 Å². The lowest BCUT2D eigenvalue weighted by atomic mass is 10.3. The number of amides is 1. The molecule has 0 aliphatic rings. The van der Waals surface area contributed by atoms with Crippen molar-refractivity contribution in [2.24, 2.45) is 0 Å². The lowest BCUT2D eigenvalue weighted by Crippen LogP contribution is -2.42. The van der Waals surface area contributed by atoms with Crippen molar-refractivity contribution < 1.29 is 4.79 Å². The van der Waals surface area contributed by atoms with E-state index in [0.717, 1.165) is 9.46 Å². The second kappa shape index (κ2) is 8.38. The number of carbonyl (C=O) groups excluding carboxylic acids is 1. The van der Waals surface area contributed by atoms with Crippen LogP contribution in [0.2, 0.25) is 0 Å². The first-order chi connectivity index (χ1) is 14.6. The largest absolute Gasteiger partial charge is 0.337 e. The predicted octanol–water partition coefficient (Wildman–Crippen LogP) is 2.91. The molecule has 1 amide bonds. The number of aromatic nitrogens is 3. The Morgan fingerprint density at radius 1 is 1.03 bits per heavy atom. The summed E-state index contributed by atoms with van der Waals surface area (Å²) < 4.78 is 2.28. The third-order valence-corrected chi connectivity index (χ3v) is 5.29. The van der Waals surface area contributed by atoms with Crippen LogP contribution in [0, 0.1) is 0 Å². The van der Waals surface area contributed by atoms with Gasteiger partial charge in [0.25, 0.3) is 5.56 Å². The normalized spacial score (nSPS) is 10.8. The maximum absolute atomic E-state index is 13.2. The van der Waals surface area contributed by atoms with Crippen LogP contribution in [0.3, 0.4) is 0 Å². The third kappa shape index (κ3) is 3.77. The number of thioether (sulfide) groups is 1. The summed E-state index contributed by atoms with van der Waals surface area (Å²) in [5.74, 6) is -0.463. The standard InChI is InChI=1S/C22H18N4O3S/c1-30-17-10-5-7-15(13-17)24-19(27)14-25-21(28)18-11-6-12-23-20(18)26(22(25)29)16-8-3-2-4-9-16/h2-13H,14H2,1H3,(H,24,27). The summed E-state index contributed by atoms with van der Waals surface area (Å²) in [6.07, 6.45) is 3.46. The highest BCUT2D eigenvalue weighted by Crippen LogP contribution is 2.19. The number of fused-ring (bicyclic) bond motifs is 1. The zero-order valence-corrected chi connectivity index (χ0v) is 16.9. The molecule has 2 heterocycles. The van der Waals surface area contributed by atoms with Gasteiger partial charge in [-0.3, -0.25) is 9.59 Å². The number of pyridine rings is 1. The van der Waals surface area contributed by atoms with Gasteiger partial charge in [0.15, 0.2) is 5.65 Å². The molecule has 0 saturated heterocycles. The van der Waals surface area contributed by atoms with Gasteiger partial charge in [-0.1, -0.05) is 24.3 Å². The summed E-state index contributed by atoms with van der Waals surface area (Å²) in [7, 11) is 0. The van der Waals surface area contributed by atoms with Crippen LogP contribution in [0.1, 0.15) is 0 Å². The molecule has 0 radical (unpaired) electrons. The molecule has 2 aromatic heterocycles. The quantitative estimate of drug-likeness (QED) is 0.504. The minimum Gasteiger partial charge on any atom is -0.324 e. The highest BCUT2D eigenvalue weighted by molar-refractivity contribution is 7.98. The summed E-state index contributed by atoms with van der Waals surface area (Å²) in [6.45, 7) is -0.404. The van der Waals surface area contributed by atoms with E-state index in [1.165, 1.54) is 10.8 Å². The van der Waals surface area contributed by atoms with Crippen LogP contribution in [0.15, 0.2) is 87.4 Å². The Labute approximate surface area is 176 Å². The maximum atomic E-state index is 13.2. The molecule has 30 heavy (non-hydrogen) atoms. The van der Waals surface area contributed by atoms with Crippen molar-refractivity contribution in [2.75, 3.05) is 11.6 Å². The molecule has 2 aromatic carbocycles. The predicted molar refractivity (Wildman–Crippen MR) is 118 cm³/mol. The van der Waals surface area contributed by atoms with Gasteiger partial charge in [-0.15, -0.1) is 11.8 Å². The first kappa shape index (κ1) is 19.7. The molecule has 0 saturated carbocycles. The fourth-order valence-corrected chi connectivity index (χ4v) is 3.64. The van der Waals surface area contributed by atoms with E-state index in [-0.39, 0.29) is 11.0 Å². The molecule has 0 bridgehead atoms. The molecule has 8 heteroatoms. The molecule has 0 aliphatic heterocycles. The fourth-order valence-electron chi connectivity index (χ4n) is 3.18. The highest BCUT2D eigenvalue weighted by atomic mass is 32.2. The average Bonchev–Trinajstić information content (AvgIpc) is 2.77. The Morgan fingerprint density at radius 2 is 1.83 bits per heavy atom. The number of hydrogen-bond acceptors (Lipinski definition) is 5. The Bertz CT molecular complexity index is 1350. The average molecular weight is 418 g/mol. The number of carbonyl (C=O) groups is 1. The molecule has 0 aliphatic carbocycles. The summed E-state index contributed by atoms with van der Waals surface area (Å²) >= 11 is 1.55. The molecular weight excluding hydrogens is 400 g/mol. The summed E-state index contributed by atoms with van der Waals surface area (Å²) in [5.41, 5.74) is 0.246. The topological polar surface area (TPSA) is 86.0 Å². The van der Waals surface area contributed by atoms with Crippen molar-refractivity contribution in [3.8, 4) is 5.69 Å². The SMILES string of the molecule is CSc1cccc(NC(=O)Cn2c(=O)c3cccnc3n(-c3ccccc3)c2=O)c1. The summed E-state index contributed by atoms with van der Waals surface area (Å²) in [6, 6.07) is 19.5. The minimum atomic E-state index is -0.620. The van der Waals surface area contributed by atoms with Gasteiger partial charge < -0.3 is 5.32 Å². The van der Waals surface area contributed by atoms with Gasteiger partial charge in [0.05, 0.1) is 11.1 Å². The zero-order valence-electron chi connectivity index (χ0n) is 16.1. The van der Waals surface area contributed by atoms with Crippen LogP contribution in [0.5, 0.6) is 0 Å². The molecule has 0 unspecified atom stereocenters. The molecule has 4 aromatic rings. The molecule has 1 N–H and O–H groups in total. The number of benzene rings is 2. The van der Waals surface area contributed by atoms with Crippen LogP contribution >= 0.6 is 11.8 Å². The van der Waals surface area contributed by atoms with E-state index in [1.807, 2.05) is 30.5 Å². The number of para-hydroxylation sites is 1. The van der Waals surface area contributed by atoms with Crippen LogP contribution in [-0.4, -0.2) is 26.3 Å². The smallest absolute Gasteiger partial charge is 0.324 e. The highest BCUT2D eigenvalue weighted by Gasteiger charge is 2.17. The van der Waals surface area contributed by atoms with E-state index < -0.39 is 23.7 Å². The number of nitrogens with one attached hydrogen (secondary N) is 1. The molecule has 0 fully saturated rings. The van der Waals surface area contributed by atoms with Gasteiger partial charge >= 0.3 is 5.69 Å². The van der Waals surface area contributed by atoms with Gasteiger partial charge in [0.1, 0.15) is 6.54 Å². The van der Waals surface area contributed by atoms with Crippen LogP contribution < -0.4 is 16.6 Å². The molecule has 0 spiro atoms.